The second-order valence-electron chi connectivity index (χ2n) is 9.94. The summed E-state index contributed by atoms with van der Waals surface area (Å²) in [4.78, 5) is 68.2. The number of aromatic nitrogens is 2. The van der Waals surface area contributed by atoms with Crippen molar-refractivity contribution in [2.45, 2.75) is 65.1 Å². The van der Waals surface area contributed by atoms with Crippen LogP contribution in [0, 0.1) is 11.8 Å². The Morgan fingerprint density at radius 3 is 2.03 bits per heavy atom. The molecule has 0 fully saturated rings. The summed E-state index contributed by atoms with van der Waals surface area (Å²) in [5, 5.41) is 15.2. The van der Waals surface area contributed by atoms with Crippen LogP contribution in [-0.2, 0) is 20.8 Å². The number of fused-ring (bicyclic) bond motifs is 1. The molecule has 4 N–H and O–H groups in total. The first-order valence-electron chi connectivity index (χ1n) is 13.2. The Bertz CT molecular complexity index is 1430. The highest BCUT2D eigenvalue weighted by molar-refractivity contribution is 5.92. The summed E-state index contributed by atoms with van der Waals surface area (Å²) in [6.07, 6.45) is 1.07. The number of rotatable bonds is 12. The molecule has 0 unspecified atom stereocenters. The Morgan fingerprint density at radius 2 is 1.41 bits per heavy atom. The van der Waals surface area contributed by atoms with Gasteiger partial charge in [0.25, 0.3) is 5.56 Å². The number of carbonyl (C=O) groups is 3. The van der Waals surface area contributed by atoms with E-state index in [4.69, 9.17) is 0 Å². The molecule has 39 heavy (non-hydrogen) atoms. The van der Waals surface area contributed by atoms with Crippen LogP contribution in [0.5, 0.6) is 0 Å². The van der Waals surface area contributed by atoms with Crippen molar-refractivity contribution in [1.29, 1.82) is 0 Å². The van der Waals surface area contributed by atoms with Gasteiger partial charge in [0.1, 0.15) is 18.1 Å². The molecule has 0 aliphatic carbocycles. The molecule has 1 aromatic heterocycles. The van der Waals surface area contributed by atoms with Gasteiger partial charge in [0, 0.05) is 6.42 Å². The lowest BCUT2D eigenvalue weighted by molar-refractivity contribution is -0.144. The molecule has 0 bridgehead atoms. The highest BCUT2D eigenvalue weighted by atomic mass is 16.4. The number of amides is 2. The maximum absolute atomic E-state index is 13.8. The molecular weight excluding hydrogens is 500 g/mol. The Hall–Kier alpha value is -4.21. The maximum Gasteiger partial charge on any atom is 0.329 e. The number of para-hydroxylation sites is 1. The SMILES string of the molecule is CC[C@@H](C)[C@H](NC(=O)[C@@H](NC(=O)[C@@H](Cc1ccccc1)n1c(=O)[nH]c2ccccc2c1=O)[C@@H](C)CC)C(=O)O. The monoisotopic (exact) mass is 536 g/mol. The number of H-pyrrole nitrogens is 1. The summed E-state index contributed by atoms with van der Waals surface area (Å²) in [5.41, 5.74) is -0.312. The van der Waals surface area contributed by atoms with Gasteiger partial charge >= 0.3 is 11.7 Å². The van der Waals surface area contributed by atoms with Crippen molar-refractivity contribution >= 4 is 28.7 Å². The molecule has 208 valence electrons. The molecule has 0 saturated heterocycles. The zero-order chi connectivity index (χ0) is 28.7. The maximum atomic E-state index is 13.8. The zero-order valence-electron chi connectivity index (χ0n) is 22.6. The average molecular weight is 537 g/mol. The van der Waals surface area contributed by atoms with Crippen molar-refractivity contribution < 1.29 is 19.5 Å². The fourth-order valence-corrected chi connectivity index (χ4v) is 4.48. The van der Waals surface area contributed by atoms with Crippen molar-refractivity contribution in [3.8, 4) is 0 Å². The second kappa shape index (κ2) is 13.0. The second-order valence-corrected chi connectivity index (χ2v) is 9.94. The quantitative estimate of drug-likeness (QED) is 0.279. The first kappa shape index (κ1) is 29.3. The molecule has 0 aliphatic rings. The number of aliphatic carboxylic acids is 1. The standard InChI is InChI=1S/C29H36N4O6/c1-5-17(3)23(26(35)32-24(28(37)38)18(4)6-2)31-25(34)22(16-19-12-8-7-9-13-19)33-27(36)20-14-10-11-15-21(20)30-29(33)39/h7-15,17-18,22-24H,5-6,16H2,1-4H3,(H,30,39)(H,31,34)(H,32,35)(H,37,38)/t17-,18+,22+,23-,24-/m0/s1. The van der Waals surface area contributed by atoms with E-state index >= 15 is 0 Å². The van der Waals surface area contributed by atoms with Crippen LogP contribution in [0.2, 0.25) is 0 Å². The number of benzene rings is 2. The van der Waals surface area contributed by atoms with Crippen LogP contribution in [0.4, 0.5) is 0 Å². The fraction of sp³-hybridized carbons (Fsp3) is 0.414. The summed E-state index contributed by atoms with van der Waals surface area (Å²) in [7, 11) is 0. The van der Waals surface area contributed by atoms with E-state index in [1.165, 1.54) is 0 Å². The molecule has 3 aromatic rings. The first-order valence-corrected chi connectivity index (χ1v) is 13.2. The summed E-state index contributed by atoms with van der Waals surface area (Å²) >= 11 is 0. The average Bonchev–Trinajstić information content (AvgIpc) is 2.93. The Labute approximate surface area is 226 Å². The minimum atomic E-state index is -1.27. The van der Waals surface area contributed by atoms with Gasteiger partial charge in [0.05, 0.1) is 10.9 Å². The number of nitrogens with zero attached hydrogens (tertiary/aromatic N) is 1. The normalized spacial score (nSPS) is 15.1. The highest BCUT2D eigenvalue weighted by Crippen LogP contribution is 2.17. The zero-order valence-corrected chi connectivity index (χ0v) is 22.6. The van der Waals surface area contributed by atoms with Crippen LogP contribution in [0.1, 0.15) is 52.1 Å². The van der Waals surface area contributed by atoms with E-state index < -0.39 is 47.2 Å². The van der Waals surface area contributed by atoms with E-state index in [0.717, 1.165) is 4.57 Å². The van der Waals surface area contributed by atoms with E-state index in [0.29, 0.717) is 23.9 Å². The van der Waals surface area contributed by atoms with Gasteiger partial charge in [-0.05, 0) is 29.5 Å². The molecule has 3 rings (SSSR count). The van der Waals surface area contributed by atoms with Crippen LogP contribution >= 0.6 is 0 Å². The number of aromatic amines is 1. The third kappa shape index (κ3) is 6.81. The van der Waals surface area contributed by atoms with Crippen LogP contribution in [0.15, 0.2) is 64.2 Å². The molecule has 10 nitrogen and oxygen atoms in total. The van der Waals surface area contributed by atoms with E-state index in [9.17, 15) is 29.1 Å². The number of carbonyl (C=O) groups excluding carboxylic acids is 2. The molecule has 2 amide bonds. The molecule has 5 atom stereocenters. The number of carboxylic acid groups (broad SMARTS) is 1. The lowest BCUT2D eigenvalue weighted by Crippen LogP contribution is -2.57. The van der Waals surface area contributed by atoms with Crippen LogP contribution < -0.4 is 21.9 Å². The predicted molar refractivity (Wildman–Crippen MR) is 148 cm³/mol. The Balaban J connectivity index is 2.03. The van der Waals surface area contributed by atoms with Crippen molar-refractivity contribution in [3.05, 3.63) is 81.0 Å². The molecule has 1 heterocycles. The molecule has 10 heteroatoms. The van der Waals surface area contributed by atoms with Gasteiger partial charge in [-0.3, -0.25) is 14.4 Å². The van der Waals surface area contributed by atoms with E-state index in [1.807, 2.05) is 19.9 Å². The summed E-state index contributed by atoms with van der Waals surface area (Å²) in [6.45, 7) is 7.17. The van der Waals surface area contributed by atoms with Crippen LogP contribution in [0.3, 0.4) is 0 Å². The smallest absolute Gasteiger partial charge is 0.329 e. The van der Waals surface area contributed by atoms with Gasteiger partial charge in [0.2, 0.25) is 11.8 Å². The number of hydrogen-bond donors (Lipinski definition) is 4. The third-order valence-electron chi connectivity index (χ3n) is 7.29. The van der Waals surface area contributed by atoms with Gasteiger partial charge in [-0.1, -0.05) is 83.0 Å². The number of carboxylic acids is 1. The van der Waals surface area contributed by atoms with Gasteiger partial charge < -0.3 is 20.7 Å². The van der Waals surface area contributed by atoms with Crippen molar-refractivity contribution in [2.24, 2.45) is 11.8 Å². The topological polar surface area (TPSA) is 150 Å². The molecule has 0 radical (unpaired) electrons. The van der Waals surface area contributed by atoms with Crippen LogP contribution in [0.25, 0.3) is 10.9 Å². The lowest BCUT2D eigenvalue weighted by atomic mass is 9.95. The van der Waals surface area contributed by atoms with Gasteiger partial charge in [0.15, 0.2) is 0 Å². The van der Waals surface area contributed by atoms with Crippen LogP contribution in [-0.4, -0.2) is 44.5 Å². The predicted octanol–water partition coefficient (Wildman–Crippen LogP) is 2.62. The molecular formula is C29H36N4O6. The van der Waals surface area contributed by atoms with Crippen molar-refractivity contribution in [1.82, 2.24) is 20.2 Å². The molecule has 2 aromatic carbocycles. The lowest BCUT2D eigenvalue weighted by Gasteiger charge is -2.29. The van der Waals surface area contributed by atoms with Gasteiger partial charge in [-0.2, -0.15) is 0 Å². The number of nitrogens with one attached hydrogen (secondary N) is 3. The largest absolute Gasteiger partial charge is 0.480 e. The van der Waals surface area contributed by atoms with E-state index in [2.05, 4.69) is 15.6 Å². The van der Waals surface area contributed by atoms with E-state index in [1.54, 1.807) is 62.4 Å². The van der Waals surface area contributed by atoms with Gasteiger partial charge in [-0.25, -0.2) is 14.2 Å². The fourth-order valence-electron chi connectivity index (χ4n) is 4.48. The first-order chi connectivity index (χ1) is 18.6. The molecule has 0 saturated carbocycles. The minimum absolute atomic E-state index is 0.0213. The molecule has 0 aliphatic heterocycles. The van der Waals surface area contributed by atoms with E-state index in [-0.39, 0.29) is 23.6 Å². The summed E-state index contributed by atoms with van der Waals surface area (Å²) < 4.78 is 0.884. The van der Waals surface area contributed by atoms with Gasteiger partial charge in [-0.15, -0.1) is 0 Å². The Morgan fingerprint density at radius 1 is 0.846 bits per heavy atom. The highest BCUT2D eigenvalue weighted by Gasteiger charge is 2.34. The number of hydrogen-bond acceptors (Lipinski definition) is 5. The summed E-state index contributed by atoms with van der Waals surface area (Å²) in [6, 6.07) is 12.0. The van der Waals surface area contributed by atoms with Crippen molar-refractivity contribution in [3.63, 3.8) is 0 Å². The molecule has 0 spiro atoms. The summed E-state index contributed by atoms with van der Waals surface area (Å²) in [5.74, 6) is -3.19. The Kier molecular flexibility index (Phi) is 9.81. The minimum Gasteiger partial charge on any atom is -0.480 e. The third-order valence-corrected chi connectivity index (χ3v) is 7.29. The van der Waals surface area contributed by atoms with Crippen molar-refractivity contribution in [2.75, 3.05) is 0 Å².